The van der Waals surface area contributed by atoms with E-state index < -0.39 is 35.2 Å². The summed E-state index contributed by atoms with van der Waals surface area (Å²) in [5.41, 5.74) is -1.19. The number of hydrogen-bond donors (Lipinski definition) is 1. The Balaban J connectivity index is 2.34. The van der Waals surface area contributed by atoms with Crippen molar-refractivity contribution in [1.82, 2.24) is 5.32 Å². The molecule has 0 bridgehead atoms. The minimum absolute atomic E-state index is 0.272. The van der Waals surface area contributed by atoms with Crippen molar-refractivity contribution in [3.8, 4) is 0 Å². The molecule has 28 heavy (non-hydrogen) atoms. The van der Waals surface area contributed by atoms with Gasteiger partial charge < -0.3 is 10.1 Å². The van der Waals surface area contributed by atoms with Crippen LogP contribution in [0, 0.1) is 0 Å². The number of hydrogen-bond acceptors (Lipinski definition) is 3. The van der Waals surface area contributed by atoms with Gasteiger partial charge in [-0.25, -0.2) is 0 Å². The molecule has 1 atom stereocenters. The number of nitrogens with one attached hydrogen (secondary N) is 1. The largest absolute Gasteiger partial charge is 0.463 e. The average Bonchev–Trinajstić information content (AvgIpc) is 2.60. The minimum atomic E-state index is -4.69. The molecule has 0 saturated carbocycles. The van der Waals surface area contributed by atoms with Gasteiger partial charge in [-0.05, 0) is 37.6 Å². The van der Waals surface area contributed by atoms with Crippen LogP contribution in [0.1, 0.15) is 47.8 Å². The lowest BCUT2D eigenvalue weighted by molar-refractivity contribution is -0.148. The standard InChI is InChI=1S/C20H19ClF3NO3/c1-12(2)28-18(26)11-17(14-8-4-6-10-16(14)21)25-19(27)13-7-3-5-9-15(13)20(22,23)24/h3-10,12,17H,11H2,1-2H3,(H,25,27). The highest BCUT2D eigenvalue weighted by Crippen LogP contribution is 2.32. The van der Waals surface area contributed by atoms with Crippen LogP contribution in [-0.4, -0.2) is 18.0 Å². The van der Waals surface area contributed by atoms with E-state index in [1.54, 1.807) is 38.1 Å². The highest BCUT2D eigenvalue weighted by Gasteiger charge is 2.35. The molecule has 0 radical (unpaired) electrons. The van der Waals surface area contributed by atoms with E-state index in [1.807, 2.05) is 0 Å². The monoisotopic (exact) mass is 413 g/mol. The lowest BCUT2D eigenvalue weighted by Gasteiger charge is -2.21. The first kappa shape index (κ1) is 21.8. The summed E-state index contributed by atoms with van der Waals surface area (Å²) in [7, 11) is 0. The molecule has 0 heterocycles. The third-order valence-electron chi connectivity index (χ3n) is 3.80. The van der Waals surface area contributed by atoms with Crippen LogP contribution in [0.3, 0.4) is 0 Å². The summed E-state index contributed by atoms with van der Waals surface area (Å²) in [5.74, 6) is -1.57. The highest BCUT2D eigenvalue weighted by atomic mass is 35.5. The summed E-state index contributed by atoms with van der Waals surface area (Å²) in [6.07, 6.45) is -5.34. The van der Waals surface area contributed by atoms with Gasteiger partial charge in [-0.1, -0.05) is 41.9 Å². The molecule has 1 unspecified atom stereocenters. The van der Waals surface area contributed by atoms with Gasteiger partial charge in [-0.2, -0.15) is 13.2 Å². The molecule has 1 N–H and O–H groups in total. The van der Waals surface area contributed by atoms with Gasteiger partial charge in [-0.3, -0.25) is 9.59 Å². The van der Waals surface area contributed by atoms with Gasteiger partial charge in [0.05, 0.1) is 29.7 Å². The predicted octanol–water partition coefficient (Wildman–Crippen LogP) is 5.17. The highest BCUT2D eigenvalue weighted by molar-refractivity contribution is 6.31. The summed E-state index contributed by atoms with van der Waals surface area (Å²) in [4.78, 5) is 24.7. The maximum absolute atomic E-state index is 13.2. The molecule has 2 aromatic carbocycles. The molecule has 0 saturated heterocycles. The van der Waals surface area contributed by atoms with Gasteiger partial charge >= 0.3 is 12.1 Å². The van der Waals surface area contributed by atoms with Gasteiger partial charge in [0.1, 0.15) is 0 Å². The van der Waals surface area contributed by atoms with Crippen molar-refractivity contribution in [3.05, 3.63) is 70.2 Å². The third-order valence-corrected chi connectivity index (χ3v) is 4.15. The van der Waals surface area contributed by atoms with E-state index in [1.165, 1.54) is 12.1 Å². The normalized spacial score (nSPS) is 12.5. The maximum Gasteiger partial charge on any atom is 0.417 e. The van der Waals surface area contributed by atoms with E-state index in [0.29, 0.717) is 5.56 Å². The van der Waals surface area contributed by atoms with Crippen LogP contribution in [0.15, 0.2) is 48.5 Å². The summed E-state index contributed by atoms with van der Waals surface area (Å²) in [6, 6.07) is 9.95. The number of halogens is 4. The summed E-state index contributed by atoms with van der Waals surface area (Å²) >= 11 is 6.16. The summed E-state index contributed by atoms with van der Waals surface area (Å²) in [5, 5.41) is 2.76. The van der Waals surface area contributed by atoms with E-state index in [4.69, 9.17) is 16.3 Å². The van der Waals surface area contributed by atoms with Gasteiger partial charge in [0.15, 0.2) is 0 Å². The number of rotatable bonds is 6. The fourth-order valence-corrected chi connectivity index (χ4v) is 2.91. The van der Waals surface area contributed by atoms with Gasteiger partial charge in [0.25, 0.3) is 5.91 Å². The van der Waals surface area contributed by atoms with Crippen molar-refractivity contribution in [1.29, 1.82) is 0 Å². The fraction of sp³-hybridized carbons (Fsp3) is 0.300. The van der Waals surface area contributed by atoms with Crippen LogP contribution < -0.4 is 5.32 Å². The number of esters is 1. The lowest BCUT2D eigenvalue weighted by atomic mass is 10.0. The third kappa shape index (κ3) is 5.73. The topological polar surface area (TPSA) is 55.4 Å². The molecule has 0 aliphatic heterocycles. The average molecular weight is 414 g/mol. The first-order valence-electron chi connectivity index (χ1n) is 8.50. The molecule has 150 valence electrons. The number of carbonyl (C=O) groups is 2. The predicted molar refractivity (Wildman–Crippen MR) is 98.9 cm³/mol. The Bertz CT molecular complexity index is 853. The molecule has 8 heteroatoms. The van der Waals surface area contributed by atoms with Crippen LogP contribution in [0.2, 0.25) is 5.02 Å². The van der Waals surface area contributed by atoms with Gasteiger partial charge in [0, 0.05) is 5.02 Å². The van der Waals surface area contributed by atoms with Gasteiger partial charge in [-0.15, -0.1) is 0 Å². The molecule has 4 nitrogen and oxygen atoms in total. The van der Waals surface area contributed by atoms with E-state index in [-0.39, 0.29) is 17.5 Å². The van der Waals surface area contributed by atoms with E-state index in [9.17, 15) is 22.8 Å². The first-order valence-corrected chi connectivity index (χ1v) is 8.88. The fourth-order valence-electron chi connectivity index (χ4n) is 2.64. The molecule has 2 aromatic rings. The number of carbonyl (C=O) groups excluding carboxylic acids is 2. The Morgan fingerprint density at radius 3 is 2.29 bits per heavy atom. The number of alkyl halides is 3. The minimum Gasteiger partial charge on any atom is -0.463 e. The number of ether oxygens (including phenoxy) is 1. The number of benzene rings is 2. The molecule has 0 spiro atoms. The second kappa shape index (κ2) is 9.10. The van der Waals surface area contributed by atoms with Crippen molar-refractivity contribution in [2.45, 2.75) is 38.6 Å². The maximum atomic E-state index is 13.2. The lowest BCUT2D eigenvalue weighted by Crippen LogP contribution is -2.32. The quantitative estimate of drug-likeness (QED) is 0.664. The Labute approximate surface area is 165 Å². The Morgan fingerprint density at radius 2 is 1.68 bits per heavy atom. The molecule has 0 aliphatic rings. The second-order valence-corrected chi connectivity index (χ2v) is 6.74. The van der Waals surface area contributed by atoms with Crippen LogP contribution >= 0.6 is 11.6 Å². The van der Waals surface area contributed by atoms with E-state index in [0.717, 1.165) is 12.1 Å². The molecule has 0 fully saturated rings. The molecule has 0 aromatic heterocycles. The zero-order chi connectivity index (χ0) is 20.9. The first-order chi connectivity index (χ1) is 13.1. The zero-order valence-corrected chi connectivity index (χ0v) is 16.0. The van der Waals surface area contributed by atoms with Crippen LogP contribution in [0.5, 0.6) is 0 Å². The smallest absolute Gasteiger partial charge is 0.417 e. The van der Waals surface area contributed by atoms with Crippen molar-refractivity contribution in [3.63, 3.8) is 0 Å². The SMILES string of the molecule is CC(C)OC(=O)CC(NC(=O)c1ccccc1C(F)(F)F)c1ccccc1Cl. The Morgan fingerprint density at radius 1 is 1.07 bits per heavy atom. The van der Waals surface area contributed by atoms with Crippen molar-refractivity contribution in [2.24, 2.45) is 0 Å². The van der Waals surface area contributed by atoms with Crippen molar-refractivity contribution in [2.75, 3.05) is 0 Å². The summed E-state index contributed by atoms with van der Waals surface area (Å²) < 4.78 is 44.7. The van der Waals surface area contributed by atoms with Crippen molar-refractivity contribution < 1.29 is 27.5 Å². The summed E-state index contributed by atoms with van der Waals surface area (Å²) in [6.45, 7) is 3.33. The van der Waals surface area contributed by atoms with Gasteiger partial charge in [0.2, 0.25) is 0 Å². The molecule has 1 amide bonds. The second-order valence-electron chi connectivity index (χ2n) is 6.33. The Hall–Kier alpha value is -2.54. The Kier molecular flexibility index (Phi) is 7.07. The van der Waals surface area contributed by atoms with E-state index >= 15 is 0 Å². The number of amides is 1. The molecular formula is C20H19ClF3NO3. The van der Waals surface area contributed by atoms with Crippen LogP contribution in [0.25, 0.3) is 0 Å². The van der Waals surface area contributed by atoms with Crippen LogP contribution in [-0.2, 0) is 15.7 Å². The van der Waals surface area contributed by atoms with Crippen LogP contribution in [0.4, 0.5) is 13.2 Å². The van der Waals surface area contributed by atoms with Crippen molar-refractivity contribution >= 4 is 23.5 Å². The molecule has 0 aliphatic carbocycles. The van der Waals surface area contributed by atoms with E-state index in [2.05, 4.69) is 5.32 Å². The molecular weight excluding hydrogens is 395 g/mol. The zero-order valence-electron chi connectivity index (χ0n) is 15.2. The molecule has 2 rings (SSSR count).